The third kappa shape index (κ3) is 42.2. The molecule has 0 bridgehead atoms. The van der Waals surface area contributed by atoms with Crippen molar-refractivity contribution in [3.05, 3.63) is 59.7 Å². The van der Waals surface area contributed by atoms with Crippen molar-refractivity contribution in [1.29, 1.82) is 0 Å². The highest BCUT2D eigenvalue weighted by Gasteiger charge is 2.46. The van der Waals surface area contributed by atoms with Gasteiger partial charge in [-0.2, -0.15) is 0 Å². The summed E-state index contributed by atoms with van der Waals surface area (Å²) in [6, 6.07) is 11.3. The van der Waals surface area contributed by atoms with Crippen LogP contribution in [-0.2, 0) is 129 Å². The summed E-state index contributed by atoms with van der Waals surface area (Å²) in [5.41, 5.74) is 4.42. The number of Topliss-reactive ketones (excluding diaryl/α,β-unsaturated/α-hetero) is 3. The molecule has 2 aromatic carbocycles. The van der Waals surface area contributed by atoms with Gasteiger partial charge in [0.05, 0.1) is 140 Å². The lowest BCUT2D eigenvalue weighted by atomic mass is 9.91. The molecule has 4 saturated heterocycles. The fourth-order valence-corrected chi connectivity index (χ4v) is 15.8. The molecule has 6 aliphatic rings. The minimum Gasteiger partial charge on any atom is -0.449 e. The number of alkyl carbamates (subject to hydrolysis) is 1. The minimum atomic E-state index is -1.16. The van der Waals surface area contributed by atoms with Gasteiger partial charge in [-0.25, -0.2) is 4.79 Å². The molecule has 5 fully saturated rings. The standard InChI is InChI=1S/C38H53N3O12.C29H51N3O11.C28H50N4O11/c1-23-32(53-37(48-4)35(45)34(23)44)21-51-22-33(43)39-15-17-50-19-18-49-16-9-14-31(42)24(2)40-36(46)25(3)41-38(47)52-20-30-28-12-7-5-10-26(28)27-11-6-8-13-29(27)30;1-18-23(43-29(39-4)26(36)25(18)35)16-42-17-24(34)30-11-13-41-15-14-40-12-7-10-22(33)19(2)31-27(37)20(3)32-28(38)21-8-5-6-9-21;1-17-22(43-28(39-4)25(36)24(17)35)15-42-16-23(34)30-10-12-41-14-13-40-11-6-8-21(33)18(2)31-26(37)19(3)32-27(38)20-7-5-9-29-20/h5-8,10-13,23-25,30,32,34-35,37,44-45H,9,14-22H2,1-4H3,(H,39,43)(H,40,46)(H,41,47);18-21,23,25-26,29,35-36H,5-17H2,1-4H3,(H,30,34)(H,31,37)(H,32,38);17-20,22,24-25,28-29,35-36H,5-16H2,1-4H3,(H,30,34)(H,31,37)(H,32,38)/t23-,24?,25?,32?,34+,35?,37-;18-,19?,20?,23?,25+,26?,29-;17-,18?,19?,20?,22?,24+,25?,28-/m111/s1. The van der Waals surface area contributed by atoms with Crippen LogP contribution >= 0.6 is 0 Å². The summed E-state index contributed by atoms with van der Waals surface area (Å²) < 4.78 is 86.3. The number of hydrogen-bond acceptors (Lipinski definition) is 35. The lowest BCUT2D eigenvalue weighted by Crippen LogP contribution is -2.55. The first kappa shape index (κ1) is 119. The molecule has 0 spiro atoms. The third-order valence-corrected chi connectivity index (χ3v) is 24.6. The van der Waals surface area contributed by atoms with Gasteiger partial charge in [0, 0.05) is 110 Å². The number of rotatable bonds is 61. The molecule has 13 unspecified atom stereocenters. The zero-order valence-corrected chi connectivity index (χ0v) is 82.3. The number of fused-ring (bicyclic) bond motifs is 3. The van der Waals surface area contributed by atoms with Crippen molar-refractivity contribution < 1.29 is 164 Å². The van der Waals surface area contributed by atoms with Gasteiger partial charge >= 0.3 is 6.09 Å². The lowest BCUT2D eigenvalue weighted by molar-refractivity contribution is -0.282. The molecule has 4 heterocycles. The van der Waals surface area contributed by atoms with Crippen molar-refractivity contribution in [3.8, 4) is 11.1 Å². The van der Waals surface area contributed by atoms with Crippen LogP contribution in [0.2, 0.25) is 0 Å². The van der Waals surface area contributed by atoms with E-state index >= 15 is 0 Å². The van der Waals surface area contributed by atoms with E-state index in [1.165, 1.54) is 28.3 Å². The van der Waals surface area contributed by atoms with Crippen molar-refractivity contribution in [2.45, 2.75) is 261 Å². The highest BCUT2D eigenvalue weighted by Crippen LogP contribution is 2.45. The molecule has 44 heteroatoms. The molecular weight excluding hydrogens is 1830 g/mol. The number of nitrogens with one attached hydrogen (secondary N) is 10. The molecule has 2 aliphatic carbocycles. The first-order chi connectivity index (χ1) is 66.6. The number of aliphatic hydroxyl groups is 6. The molecule has 1 saturated carbocycles. The Morgan fingerprint density at radius 3 is 1.03 bits per heavy atom. The van der Waals surface area contributed by atoms with E-state index < -0.39 is 146 Å². The van der Waals surface area contributed by atoms with Crippen molar-refractivity contribution in [2.75, 3.05) is 173 Å². The molecule has 2 aromatic rings. The first-order valence-electron chi connectivity index (χ1n) is 48.2. The fraction of sp³-hybridized carbons (Fsp3) is 0.747. The van der Waals surface area contributed by atoms with Gasteiger partial charge in [-0.3, -0.25) is 52.7 Å². The van der Waals surface area contributed by atoms with Gasteiger partial charge < -0.3 is 160 Å². The largest absolute Gasteiger partial charge is 0.449 e. The number of benzene rings is 2. The second-order valence-electron chi connectivity index (χ2n) is 35.3. The van der Waals surface area contributed by atoms with E-state index in [1.54, 1.807) is 55.4 Å². The monoisotopic (exact) mass is 1980 g/mol. The van der Waals surface area contributed by atoms with Gasteiger partial charge in [-0.15, -0.1) is 0 Å². The van der Waals surface area contributed by atoms with Gasteiger partial charge in [0.15, 0.2) is 36.2 Å². The molecule has 788 valence electrons. The van der Waals surface area contributed by atoms with Crippen LogP contribution in [0.15, 0.2) is 48.5 Å². The fourth-order valence-electron chi connectivity index (χ4n) is 15.8. The summed E-state index contributed by atoms with van der Waals surface area (Å²) in [5.74, 6) is -4.31. The molecule has 139 heavy (non-hydrogen) atoms. The number of aliphatic hydroxyl groups excluding tert-OH is 6. The summed E-state index contributed by atoms with van der Waals surface area (Å²) >= 11 is 0. The van der Waals surface area contributed by atoms with Crippen molar-refractivity contribution in [1.82, 2.24) is 53.2 Å². The molecular formula is C95H154N10O34. The third-order valence-electron chi connectivity index (χ3n) is 24.6. The number of amides is 9. The highest BCUT2D eigenvalue weighted by molar-refractivity contribution is 5.95. The molecule has 9 amide bonds. The maximum absolute atomic E-state index is 12.7. The summed E-state index contributed by atoms with van der Waals surface area (Å²) in [4.78, 5) is 147. The zero-order chi connectivity index (χ0) is 102. The molecule has 0 radical (unpaired) electrons. The minimum absolute atomic E-state index is 0.0245. The second-order valence-corrected chi connectivity index (χ2v) is 35.3. The van der Waals surface area contributed by atoms with Gasteiger partial charge in [0.1, 0.15) is 62.9 Å². The number of carbonyl (C=O) groups excluding carboxylic acids is 12. The Morgan fingerprint density at radius 2 is 0.698 bits per heavy atom. The van der Waals surface area contributed by atoms with E-state index in [9.17, 15) is 88.2 Å². The van der Waals surface area contributed by atoms with Crippen molar-refractivity contribution in [2.24, 2.45) is 23.7 Å². The number of hydrogen-bond donors (Lipinski definition) is 16. The van der Waals surface area contributed by atoms with E-state index in [2.05, 4.69) is 65.3 Å². The molecule has 4 aliphatic heterocycles. The van der Waals surface area contributed by atoms with Crippen LogP contribution in [0.4, 0.5) is 4.79 Å². The Labute approximate surface area is 813 Å². The summed E-state index contributed by atoms with van der Waals surface area (Å²) in [7, 11) is 4.10. The van der Waals surface area contributed by atoms with E-state index in [0.29, 0.717) is 78.7 Å². The van der Waals surface area contributed by atoms with Crippen molar-refractivity contribution >= 4 is 70.7 Å². The smallest absolute Gasteiger partial charge is 0.407 e. The first-order valence-corrected chi connectivity index (χ1v) is 48.2. The number of ketones is 3. The molecule has 22 atom stereocenters. The number of carbonyl (C=O) groups is 12. The highest BCUT2D eigenvalue weighted by atomic mass is 16.7. The van der Waals surface area contributed by atoms with E-state index in [0.717, 1.165) is 67.3 Å². The molecule has 44 nitrogen and oxygen atoms in total. The summed E-state index contributed by atoms with van der Waals surface area (Å²) in [5, 5.41) is 87.1. The van der Waals surface area contributed by atoms with Gasteiger partial charge in [0.2, 0.25) is 47.3 Å². The van der Waals surface area contributed by atoms with E-state index in [4.69, 9.17) is 75.8 Å². The van der Waals surface area contributed by atoms with Crippen LogP contribution in [0.5, 0.6) is 0 Å². The Morgan fingerprint density at radius 1 is 0.374 bits per heavy atom. The Balaban J connectivity index is 0.000000323. The molecule has 16 N–H and O–H groups in total. The lowest BCUT2D eigenvalue weighted by Gasteiger charge is -2.40. The predicted octanol–water partition coefficient (Wildman–Crippen LogP) is -0.914. The quantitative estimate of drug-likeness (QED) is 0.0356. The zero-order valence-electron chi connectivity index (χ0n) is 82.3. The van der Waals surface area contributed by atoms with Crippen LogP contribution in [0.1, 0.15) is 156 Å². The van der Waals surface area contributed by atoms with Crippen LogP contribution < -0.4 is 53.2 Å². The summed E-state index contributed by atoms with van der Waals surface area (Å²) in [6.45, 7) is 19.9. The Bertz CT molecular complexity index is 3830. The average Bonchev–Trinajstić information content (AvgIpc) is 1.61. The van der Waals surface area contributed by atoms with Crippen LogP contribution in [-0.4, -0.2) is 390 Å². The topological polar surface area (TPSA) is 594 Å². The van der Waals surface area contributed by atoms with Gasteiger partial charge in [0.25, 0.3) is 0 Å². The maximum Gasteiger partial charge on any atom is 0.407 e. The Kier molecular flexibility index (Phi) is 56.4. The average molecular weight is 1980 g/mol. The Hall–Kier alpha value is -8.40. The van der Waals surface area contributed by atoms with E-state index in [-0.39, 0.29) is 176 Å². The maximum atomic E-state index is 12.7. The number of ether oxygens (including phenoxy) is 16. The number of methoxy groups -OCH3 is 3. The van der Waals surface area contributed by atoms with Gasteiger partial charge in [-0.1, -0.05) is 82.1 Å². The van der Waals surface area contributed by atoms with E-state index in [1.807, 2.05) is 36.4 Å². The predicted molar refractivity (Wildman–Crippen MR) is 498 cm³/mol. The van der Waals surface area contributed by atoms with Crippen LogP contribution in [0.25, 0.3) is 11.1 Å². The SMILES string of the molecule is CO[C@@H]1OC(COCC(=O)NCCOCCOCCCC(=O)C(C)NC(=O)C(C)NC(=O)C2CCCC2)[C@@H](C)[C@H](O)C1O.CO[C@@H]1OC(COCC(=O)NCCOCCOCCCC(=O)C(C)NC(=O)C(C)NC(=O)C2CCCN2)[C@@H](C)[C@H](O)C1O.CO[C@@H]1OC(COCC(=O)NCCOCCOCCCC(=O)C(C)NC(=O)C(C)NC(=O)OCC2c3ccccc3-c3ccccc32)[C@@H](C)[C@H](O)C1O. The van der Waals surface area contributed by atoms with Gasteiger partial charge in [-0.05, 0) is 115 Å². The molecule has 0 aromatic heterocycles. The van der Waals surface area contributed by atoms with Crippen molar-refractivity contribution in [3.63, 3.8) is 0 Å². The second kappa shape index (κ2) is 65.7. The normalized spacial score (nSPS) is 24.6. The van der Waals surface area contributed by atoms with Crippen LogP contribution in [0.3, 0.4) is 0 Å². The van der Waals surface area contributed by atoms with Crippen LogP contribution in [0, 0.1) is 23.7 Å². The molecule has 8 rings (SSSR count). The summed E-state index contributed by atoms with van der Waals surface area (Å²) in [6.07, 6.45) is -4.18.